The van der Waals surface area contributed by atoms with Crippen LogP contribution in [0.15, 0.2) is 42.5 Å². The predicted molar refractivity (Wildman–Crippen MR) is 93.3 cm³/mol. The third-order valence-electron chi connectivity index (χ3n) is 3.31. The molecule has 128 valence electrons. The van der Waals surface area contributed by atoms with E-state index in [2.05, 4.69) is 5.32 Å². The Morgan fingerprint density at radius 3 is 2.42 bits per heavy atom. The lowest BCUT2D eigenvalue weighted by Gasteiger charge is -2.10. The molecule has 0 fully saturated rings. The second-order valence-corrected chi connectivity index (χ2v) is 7.22. The standard InChI is InChI=1S/C17H20N2O4S/c1-12-3-4-13(2)16(9-12)23-10-17(20)19-15-7-5-14(6-8-15)11-24(18,21)22/h3-9H,10-11H2,1-2H3,(H,19,20)(H2,18,21,22). The lowest BCUT2D eigenvalue weighted by atomic mass is 10.1. The number of hydrogen-bond donors (Lipinski definition) is 2. The highest BCUT2D eigenvalue weighted by atomic mass is 32.2. The summed E-state index contributed by atoms with van der Waals surface area (Å²) in [7, 11) is -3.57. The zero-order valence-electron chi connectivity index (χ0n) is 13.6. The van der Waals surface area contributed by atoms with Gasteiger partial charge in [0.25, 0.3) is 5.91 Å². The van der Waals surface area contributed by atoms with Crippen LogP contribution in [-0.2, 0) is 20.6 Å². The van der Waals surface area contributed by atoms with E-state index in [0.717, 1.165) is 11.1 Å². The van der Waals surface area contributed by atoms with Crippen LogP contribution in [0.25, 0.3) is 0 Å². The first-order valence-electron chi connectivity index (χ1n) is 7.32. The molecule has 0 aliphatic rings. The largest absolute Gasteiger partial charge is 0.483 e. The number of carbonyl (C=O) groups is 1. The quantitative estimate of drug-likeness (QED) is 0.835. The molecule has 0 saturated carbocycles. The number of nitrogens with two attached hydrogens (primary N) is 1. The third kappa shape index (κ3) is 5.68. The molecule has 0 atom stereocenters. The Hall–Kier alpha value is -2.38. The minimum Gasteiger partial charge on any atom is -0.483 e. The average molecular weight is 348 g/mol. The van der Waals surface area contributed by atoms with Crippen molar-refractivity contribution in [2.45, 2.75) is 19.6 Å². The lowest BCUT2D eigenvalue weighted by molar-refractivity contribution is -0.118. The third-order valence-corrected chi connectivity index (χ3v) is 4.04. The first-order valence-corrected chi connectivity index (χ1v) is 9.04. The van der Waals surface area contributed by atoms with Crippen LogP contribution in [0.1, 0.15) is 16.7 Å². The molecule has 7 heteroatoms. The molecule has 1 amide bonds. The second kappa shape index (κ2) is 7.46. The van der Waals surface area contributed by atoms with Crippen LogP contribution in [0.2, 0.25) is 0 Å². The predicted octanol–water partition coefficient (Wildman–Crippen LogP) is 2.11. The molecule has 2 aromatic rings. The van der Waals surface area contributed by atoms with Crippen molar-refractivity contribution >= 4 is 21.6 Å². The second-order valence-electron chi connectivity index (χ2n) is 5.61. The van der Waals surface area contributed by atoms with Gasteiger partial charge in [-0.25, -0.2) is 13.6 Å². The van der Waals surface area contributed by atoms with Gasteiger partial charge in [-0.15, -0.1) is 0 Å². The Balaban J connectivity index is 1.91. The van der Waals surface area contributed by atoms with E-state index in [4.69, 9.17) is 9.88 Å². The number of primary sulfonamides is 1. The van der Waals surface area contributed by atoms with Gasteiger partial charge in [-0.3, -0.25) is 4.79 Å². The highest BCUT2D eigenvalue weighted by Crippen LogP contribution is 2.19. The molecule has 0 unspecified atom stereocenters. The maximum Gasteiger partial charge on any atom is 0.262 e. The van der Waals surface area contributed by atoms with Crippen molar-refractivity contribution in [2.75, 3.05) is 11.9 Å². The molecule has 0 aliphatic carbocycles. The van der Waals surface area contributed by atoms with Crippen molar-refractivity contribution in [3.63, 3.8) is 0 Å². The fraction of sp³-hybridized carbons (Fsp3) is 0.235. The van der Waals surface area contributed by atoms with Crippen molar-refractivity contribution in [3.8, 4) is 5.75 Å². The number of hydrogen-bond acceptors (Lipinski definition) is 4. The molecule has 3 N–H and O–H groups in total. The van der Waals surface area contributed by atoms with E-state index in [0.29, 0.717) is 17.0 Å². The van der Waals surface area contributed by atoms with Gasteiger partial charge in [0.1, 0.15) is 5.75 Å². The van der Waals surface area contributed by atoms with Gasteiger partial charge < -0.3 is 10.1 Å². The number of benzene rings is 2. The van der Waals surface area contributed by atoms with Crippen LogP contribution in [0.4, 0.5) is 5.69 Å². The van der Waals surface area contributed by atoms with Crippen molar-refractivity contribution in [3.05, 3.63) is 59.2 Å². The Morgan fingerprint density at radius 2 is 1.79 bits per heavy atom. The number of sulfonamides is 1. The average Bonchev–Trinajstić information content (AvgIpc) is 2.49. The summed E-state index contributed by atoms with van der Waals surface area (Å²) in [5, 5.41) is 7.68. The number of carbonyl (C=O) groups excluding carboxylic acids is 1. The van der Waals surface area contributed by atoms with E-state index < -0.39 is 10.0 Å². The number of amides is 1. The van der Waals surface area contributed by atoms with Crippen LogP contribution in [0.3, 0.4) is 0 Å². The highest BCUT2D eigenvalue weighted by Gasteiger charge is 2.08. The SMILES string of the molecule is Cc1ccc(C)c(OCC(=O)Nc2ccc(CS(N)(=O)=O)cc2)c1. The summed E-state index contributed by atoms with van der Waals surface area (Å²) in [5.74, 6) is 0.139. The molecular formula is C17H20N2O4S. The Bertz CT molecular complexity index is 830. The van der Waals surface area contributed by atoms with Gasteiger partial charge >= 0.3 is 0 Å². The molecule has 0 aromatic heterocycles. The number of anilines is 1. The normalized spacial score (nSPS) is 11.1. The number of nitrogens with one attached hydrogen (secondary N) is 1. The molecule has 0 bridgehead atoms. The number of ether oxygens (including phenoxy) is 1. The maximum absolute atomic E-state index is 11.9. The van der Waals surface area contributed by atoms with Gasteiger partial charge in [-0.2, -0.15) is 0 Å². The zero-order valence-corrected chi connectivity index (χ0v) is 14.4. The van der Waals surface area contributed by atoms with Crippen molar-refractivity contribution in [2.24, 2.45) is 5.14 Å². The molecule has 24 heavy (non-hydrogen) atoms. The van der Waals surface area contributed by atoms with Crippen LogP contribution in [-0.4, -0.2) is 20.9 Å². The molecule has 0 spiro atoms. The van der Waals surface area contributed by atoms with Crippen molar-refractivity contribution in [1.82, 2.24) is 0 Å². The Labute approximate surface area is 141 Å². The van der Waals surface area contributed by atoms with E-state index >= 15 is 0 Å². The molecule has 2 aromatic carbocycles. The van der Waals surface area contributed by atoms with E-state index in [1.165, 1.54) is 0 Å². The summed E-state index contributed by atoms with van der Waals surface area (Å²) in [6, 6.07) is 12.2. The van der Waals surface area contributed by atoms with Crippen molar-refractivity contribution < 1.29 is 17.9 Å². The van der Waals surface area contributed by atoms with Crippen LogP contribution in [0.5, 0.6) is 5.75 Å². The molecule has 0 radical (unpaired) electrons. The zero-order chi connectivity index (χ0) is 17.7. The smallest absolute Gasteiger partial charge is 0.262 e. The van der Waals surface area contributed by atoms with Gasteiger partial charge in [0.2, 0.25) is 10.0 Å². The number of rotatable bonds is 6. The van der Waals surface area contributed by atoms with Crippen LogP contribution >= 0.6 is 0 Å². The summed E-state index contributed by atoms with van der Waals surface area (Å²) in [4.78, 5) is 11.9. The van der Waals surface area contributed by atoms with Gasteiger partial charge in [0, 0.05) is 5.69 Å². The van der Waals surface area contributed by atoms with Gasteiger partial charge in [0.05, 0.1) is 5.75 Å². The summed E-state index contributed by atoms with van der Waals surface area (Å²) in [5.41, 5.74) is 3.13. The van der Waals surface area contributed by atoms with E-state index in [1.807, 2.05) is 32.0 Å². The Kier molecular flexibility index (Phi) is 5.58. The van der Waals surface area contributed by atoms with Gasteiger partial charge in [-0.1, -0.05) is 24.3 Å². The van der Waals surface area contributed by atoms with Crippen LogP contribution < -0.4 is 15.2 Å². The van der Waals surface area contributed by atoms with Gasteiger partial charge in [-0.05, 0) is 48.7 Å². The van der Waals surface area contributed by atoms with E-state index in [1.54, 1.807) is 24.3 Å². The monoisotopic (exact) mass is 348 g/mol. The summed E-state index contributed by atoms with van der Waals surface area (Å²) < 4.78 is 27.6. The molecule has 0 heterocycles. The fourth-order valence-electron chi connectivity index (χ4n) is 2.12. The molecule has 6 nitrogen and oxygen atoms in total. The summed E-state index contributed by atoms with van der Waals surface area (Å²) in [6.45, 7) is 3.76. The van der Waals surface area contributed by atoms with Crippen LogP contribution in [0, 0.1) is 13.8 Å². The Morgan fingerprint density at radius 1 is 1.12 bits per heavy atom. The lowest BCUT2D eigenvalue weighted by Crippen LogP contribution is -2.20. The minimum atomic E-state index is -3.57. The molecule has 0 saturated heterocycles. The number of aryl methyl sites for hydroxylation is 2. The maximum atomic E-state index is 11.9. The molecule has 2 rings (SSSR count). The van der Waals surface area contributed by atoms with Crippen molar-refractivity contribution in [1.29, 1.82) is 0 Å². The highest BCUT2D eigenvalue weighted by molar-refractivity contribution is 7.88. The summed E-state index contributed by atoms with van der Waals surface area (Å²) >= 11 is 0. The topological polar surface area (TPSA) is 98.5 Å². The molecule has 0 aliphatic heterocycles. The minimum absolute atomic E-state index is 0.108. The van der Waals surface area contributed by atoms with E-state index in [-0.39, 0.29) is 18.3 Å². The fourth-order valence-corrected chi connectivity index (χ4v) is 2.78. The molecular weight excluding hydrogens is 328 g/mol. The van der Waals surface area contributed by atoms with Gasteiger partial charge in [0.15, 0.2) is 6.61 Å². The van der Waals surface area contributed by atoms with E-state index in [9.17, 15) is 13.2 Å². The summed E-state index contributed by atoms with van der Waals surface area (Å²) in [6.07, 6.45) is 0. The first kappa shape index (κ1) is 18.0. The first-order chi connectivity index (χ1) is 11.2.